The zero-order valence-corrected chi connectivity index (χ0v) is 20.8. The van der Waals surface area contributed by atoms with Crippen LogP contribution in [-0.4, -0.2) is 50.2 Å². The number of nitrogens with one attached hydrogen (secondary N) is 2. The van der Waals surface area contributed by atoms with Crippen LogP contribution >= 0.6 is 24.0 Å². The number of nitrogens with zero attached hydrogens (tertiary/aromatic N) is 2. The minimum atomic E-state index is 0. The highest BCUT2D eigenvalue weighted by atomic mass is 127. The Morgan fingerprint density at radius 3 is 2.44 bits per heavy atom. The topological polar surface area (TPSA) is 75.2 Å². The molecule has 172 valence electrons. The summed E-state index contributed by atoms with van der Waals surface area (Å²) in [6.45, 7) is 3.43. The van der Waals surface area contributed by atoms with Gasteiger partial charge in [0.05, 0.1) is 0 Å². The molecule has 0 aliphatic carbocycles. The lowest BCUT2D eigenvalue weighted by Crippen LogP contribution is -2.38. The predicted molar refractivity (Wildman–Crippen MR) is 136 cm³/mol. The Morgan fingerprint density at radius 2 is 1.69 bits per heavy atom. The molecule has 1 saturated heterocycles. The summed E-state index contributed by atoms with van der Waals surface area (Å²) < 4.78 is 10.8. The van der Waals surface area contributed by atoms with Crippen molar-refractivity contribution < 1.29 is 14.3 Å². The van der Waals surface area contributed by atoms with Gasteiger partial charge in [0.15, 0.2) is 17.5 Å². The van der Waals surface area contributed by atoms with Crippen LogP contribution in [0.2, 0.25) is 0 Å². The van der Waals surface area contributed by atoms with Crippen LogP contribution < -0.4 is 20.1 Å². The van der Waals surface area contributed by atoms with Gasteiger partial charge in [-0.25, -0.2) is 0 Å². The molecule has 1 amide bonds. The number of likely N-dealkylation sites (tertiary alicyclic amines) is 1. The molecule has 0 saturated carbocycles. The number of carbonyl (C=O) groups is 1. The fraction of sp³-hybridized carbons (Fsp3) is 0.417. The molecule has 1 fully saturated rings. The van der Waals surface area contributed by atoms with Gasteiger partial charge in [-0.05, 0) is 61.1 Å². The molecule has 4 rings (SSSR count). The van der Waals surface area contributed by atoms with E-state index in [-0.39, 0.29) is 29.9 Å². The third kappa shape index (κ3) is 6.27. The monoisotopic (exact) mass is 550 g/mol. The largest absolute Gasteiger partial charge is 0.454 e. The smallest absolute Gasteiger partial charge is 0.253 e. The predicted octanol–water partition coefficient (Wildman–Crippen LogP) is 3.57. The van der Waals surface area contributed by atoms with Gasteiger partial charge in [0.2, 0.25) is 6.79 Å². The summed E-state index contributed by atoms with van der Waals surface area (Å²) in [7, 11) is 1.76. The number of benzene rings is 2. The molecule has 2 N–H and O–H groups in total. The van der Waals surface area contributed by atoms with Crippen molar-refractivity contribution >= 4 is 35.8 Å². The van der Waals surface area contributed by atoms with Crippen LogP contribution in [0, 0.1) is 0 Å². The molecule has 0 atom stereocenters. The van der Waals surface area contributed by atoms with Gasteiger partial charge in [-0.15, -0.1) is 24.0 Å². The van der Waals surface area contributed by atoms with Crippen molar-refractivity contribution in [3.63, 3.8) is 0 Å². The minimum Gasteiger partial charge on any atom is -0.454 e. The first kappa shape index (κ1) is 24.2. The van der Waals surface area contributed by atoms with Gasteiger partial charge in [-0.2, -0.15) is 0 Å². The average Bonchev–Trinajstić information content (AvgIpc) is 3.30. The Balaban J connectivity index is 0.00000289. The quantitative estimate of drug-likeness (QED) is 0.327. The Bertz CT molecular complexity index is 927. The Morgan fingerprint density at radius 1 is 0.969 bits per heavy atom. The summed E-state index contributed by atoms with van der Waals surface area (Å²) in [5.41, 5.74) is 3.05. The highest BCUT2D eigenvalue weighted by Gasteiger charge is 2.18. The van der Waals surface area contributed by atoms with Crippen molar-refractivity contribution in [2.75, 3.05) is 33.5 Å². The minimum absolute atomic E-state index is 0. The first-order valence-corrected chi connectivity index (χ1v) is 10.9. The zero-order chi connectivity index (χ0) is 21.5. The normalized spacial score (nSPS) is 15.2. The maximum atomic E-state index is 12.6. The van der Waals surface area contributed by atoms with E-state index in [0.717, 1.165) is 67.5 Å². The number of aliphatic imine (C=N–C) groups is 1. The molecule has 2 aliphatic rings. The van der Waals surface area contributed by atoms with Crippen LogP contribution in [0.1, 0.15) is 40.7 Å². The third-order valence-electron chi connectivity index (χ3n) is 5.67. The summed E-state index contributed by atoms with van der Waals surface area (Å²) in [5, 5.41) is 6.66. The van der Waals surface area contributed by atoms with Crippen molar-refractivity contribution in [1.82, 2.24) is 15.5 Å². The lowest BCUT2D eigenvalue weighted by Gasteiger charge is -2.26. The van der Waals surface area contributed by atoms with Crippen molar-refractivity contribution in [3.05, 3.63) is 59.2 Å². The van der Waals surface area contributed by atoms with Gasteiger partial charge in [0.25, 0.3) is 5.91 Å². The zero-order valence-electron chi connectivity index (χ0n) is 18.4. The number of piperidine rings is 1. The Kier molecular flexibility index (Phi) is 9.01. The average molecular weight is 550 g/mol. The second-order valence-corrected chi connectivity index (χ2v) is 7.84. The van der Waals surface area contributed by atoms with Crippen LogP contribution in [0.5, 0.6) is 11.5 Å². The summed E-state index contributed by atoms with van der Waals surface area (Å²) in [5.74, 6) is 2.49. The van der Waals surface area contributed by atoms with E-state index in [1.54, 1.807) is 7.05 Å². The lowest BCUT2D eigenvalue weighted by atomic mass is 10.1. The van der Waals surface area contributed by atoms with E-state index < -0.39 is 0 Å². The maximum absolute atomic E-state index is 12.6. The van der Waals surface area contributed by atoms with Crippen molar-refractivity contribution in [1.29, 1.82) is 0 Å². The van der Waals surface area contributed by atoms with Crippen LogP contribution in [0.25, 0.3) is 0 Å². The van der Waals surface area contributed by atoms with E-state index >= 15 is 0 Å². The van der Waals surface area contributed by atoms with E-state index in [1.165, 1.54) is 12.0 Å². The SMILES string of the molecule is CN=C(NCCc1ccc2c(c1)OCO2)NCc1ccc(C(=O)N2CCCCC2)cc1.I. The third-order valence-corrected chi connectivity index (χ3v) is 5.67. The van der Waals surface area contributed by atoms with Gasteiger partial charge in [-0.3, -0.25) is 9.79 Å². The van der Waals surface area contributed by atoms with E-state index in [4.69, 9.17) is 9.47 Å². The van der Waals surface area contributed by atoms with Gasteiger partial charge in [0.1, 0.15) is 0 Å². The molecular weight excluding hydrogens is 519 g/mol. The fourth-order valence-electron chi connectivity index (χ4n) is 3.87. The van der Waals surface area contributed by atoms with Gasteiger partial charge in [-0.1, -0.05) is 18.2 Å². The molecule has 8 heteroatoms. The molecule has 2 heterocycles. The van der Waals surface area contributed by atoms with Crippen molar-refractivity contribution in [2.45, 2.75) is 32.2 Å². The first-order valence-electron chi connectivity index (χ1n) is 10.9. The highest BCUT2D eigenvalue weighted by molar-refractivity contribution is 14.0. The maximum Gasteiger partial charge on any atom is 0.253 e. The van der Waals surface area contributed by atoms with Crippen LogP contribution in [0.4, 0.5) is 0 Å². The fourth-order valence-corrected chi connectivity index (χ4v) is 3.87. The summed E-state index contributed by atoms with van der Waals surface area (Å²) in [6.07, 6.45) is 4.29. The van der Waals surface area contributed by atoms with Crippen LogP contribution in [0.15, 0.2) is 47.5 Å². The molecular formula is C24H31IN4O3. The molecule has 7 nitrogen and oxygen atoms in total. The molecule has 0 unspecified atom stereocenters. The van der Waals surface area contributed by atoms with Crippen LogP contribution in [-0.2, 0) is 13.0 Å². The number of amides is 1. The molecule has 2 aliphatic heterocycles. The molecule has 32 heavy (non-hydrogen) atoms. The van der Waals surface area contributed by atoms with E-state index in [9.17, 15) is 4.79 Å². The molecule has 0 bridgehead atoms. The second-order valence-electron chi connectivity index (χ2n) is 7.84. The number of guanidine groups is 1. The molecule has 2 aromatic rings. The number of ether oxygens (including phenoxy) is 2. The first-order chi connectivity index (χ1) is 15.2. The number of fused-ring (bicyclic) bond motifs is 1. The molecule has 2 aromatic carbocycles. The van der Waals surface area contributed by atoms with Gasteiger partial charge in [0, 0.05) is 38.8 Å². The second kappa shape index (κ2) is 11.9. The number of rotatable bonds is 6. The van der Waals surface area contributed by atoms with Crippen LogP contribution in [0.3, 0.4) is 0 Å². The number of halogens is 1. The van der Waals surface area contributed by atoms with Gasteiger partial charge < -0.3 is 25.0 Å². The summed E-state index contributed by atoms with van der Waals surface area (Å²) in [6, 6.07) is 13.9. The van der Waals surface area contributed by atoms with E-state index in [2.05, 4.69) is 21.7 Å². The van der Waals surface area contributed by atoms with E-state index in [1.807, 2.05) is 41.3 Å². The highest BCUT2D eigenvalue weighted by Crippen LogP contribution is 2.32. The molecule has 0 radical (unpaired) electrons. The van der Waals surface area contributed by atoms with E-state index in [0.29, 0.717) is 13.3 Å². The molecule has 0 aromatic heterocycles. The Labute approximate surface area is 206 Å². The number of hydrogen-bond donors (Lipinski definition) is 2. The molecule has 0 spiro atoms. The number of carbonyl (C=O) groups excluding carboxylic acids is 1. The standard InChI is InChI=1S/C24H30N4O3.HI/c1-25-24(26-12-11-18-7-10-21-22(15-18)31-17-30-21)27-16-19-5-8-20(9-6-19)23(29)28-13-3-2-4-14-28;/h5-10,15H,2-4,11-14,16-17H2,1H3,(H2,25,26,27);1H. The summed E-state index contributed by atoms with van der Waals surface area (Å²) >= 11 is 0. The van der Waals surface area contributed by atoms with Crippen molar-refractivity contribution in [3.8, 4) is 11.5 Å². The summed E-state index contributed by atoms with van der Waals surface area (Å²) in [4.78, 5) is 18.8. The van der Waals surface area contributed by atoms with Crippen molar-refractivity contribution in [2.24, 2.45) is 4.99 Å². The Hall–Kier alpha value is -2.49. The lowest BCUT2D eigenvalue weighted by molar-refractivity contribution is 0.0724. The number of hydrogen-bond acceptors (Lipinski definition) is 4. The van der Waals surface area contributed by atoms with Gasteiger partial charge >= 0.3 is 0 Å².